The number of methoxy groups -OCH3 is 1. The molecule has 14 heteroatoms. The largest absolute Gasteiger partial charge is 0.493 e. The molecule has 2 aromatic carbocycles. The molecule has 0 radical (unpaired) electrons. The molecule has 0 aliphatic carbocycles. The number of anilines is 2. The second-order valence-corrected chi connectivity index (χ2v) is 12.8. The number of rotatable bonds is 12. The maximum Gasteiger partial charge on any atom is 0.263 e. The van der Waals surface area contributed by atoms with Gasteiger partial charge in [0, 0.05) is 18.6 Å². The maximum absolute atomic E-state index is 13.7. The highest BCUT2D eigenvalue weighted by Crippen LogP contribution is 2.41. The summed E-state index contributed by atoms with van der Waals surface area (Å²) in [5.41, 5.74) is 0.786. The Bertz CT molecular complexity index is 1940. The molecule has 0 saturated carbocycles. The summed E-state index contributed by atoms with van der Waals surface area (Å²) < 4.78 is 47.6. The number of nitrogens with one attached hydrogen (secondary N) is 2. The summed E-state index contributed by atoms with van der Waals surface area (Å²) in [6, 6.07) is 20.1. The lowest BCUT2D eigenvalue weighted by molar-refractivity contribution is -0.116. The smallest absolute Gasteiger partial charge is 0.263 e. The van der Waals surface area contributed by atoms with Crippen LogP contribution in [-0.2, 0) is 20.2 Å². The zero-order chi connectivity index (χ0) is 33.4. The van der Waals surface area contributed by atoms with Crippen LogP contribution in [0.1, 0.15) is 32.8 Å². The molecule has 0 bridgehead atoms. The monoisotopic (exact) mass is 655 g/mol. The minimum absolute atomic E-state index is 0.00136. The molecule has 47 heavy (non-hydrogen) atoms. The lowest BCUT2D eigenvalue weighted by Gasteiger charge is -2.20. The molecule has 0 atom stereocenters. The van der Waals surface area contributed by atoms with Gasteiger partial charge in [0.25, 0.3) is 15.9 Å². The minimum Gasteiger partial charge on any atom is -0.493 e. The second kappa shape index (κ2) is 14.2. The summed E-state index contributed by atoms with van der Waals surface area (Å²) in [5.74, 6) is 0.0721. The maximum atomic E-state index is 13.7. The van der Waals surface area contributed by atoms with E-state index in [9.17, 15) is 13.2 Å². The van der Waals surface area contributed by atoms with E-state index in [2.05, 4.69) is 35.0 Å². The molecule has 13 nitrogen and oxygen atoms in total. The van der Waals surface area contributed by atoms with Gasteiger partial charge in [-0.05, 0) is 53.4 Å². The van der Waals surface area contributed by atoms with Crippen molar-refractivity contribution < 1.29 is 27.4 Å². The summed E-state index contributed by atoms with van der Waals surface area (Å²) in [4.78, 5) is 34.1. The van der Waals surface area contributed by atoms with E-state index in [0.29, 0.717) is 11.6 Å². The highest BCUT2D eigenvalue weighted by Gasteiger charge is 2.26. The Labute approximate surface area is 272 Å². The fraction of sp³-hybridized carbons (Fsp3) is 0.212. The first-order valence-electron chi connectivity index (χ1n) is 14.5. The molecule has 3 heterocycles. The number of carbonyl (C=O) groups is 1. The van der Waals surface area contributed by atoms with E-state index in [0.717, 1.165) is 5.56 Å². The average molecular weight is 656 g/mol. The molecular formula is C33H33N7O6S. The third kappa shape index (κ3) is 8.35. The number of para-hydroxylation sites is 2. The van der Waals surface area contributed by atoms with Gasteiger partial charge in [-0.2, -0.15) is 4.98 Å². The van der Waals surface area contributed by atoms with E-state index in [1.165, 1.54) is 31.6 Å². The highest BCUT2D eigenvalue weighted by atomic mass is 32.2. The van der Waals surface area contributed by atoms with E-state index in [4.69, 9.17) is 14.2 Å². The van der Waals surface area contributed by atoms with Crippen LogP contribution in [0.15, 0.2) is 96.3 Å². The summed E-state index contributed by atoms with van der Waals surface area (Å²) in [6.45, 7) is 5.95. The van der Waals surface area contributed by atoms with Crippen LogP contribution < -0.4 is 24.2 Å². The Balaban J connectivity index is 1.55. The number of ether oxygens (including phenoxy) is 3. The topological polar surface area (TPSA) is 167 Å². The fourth-order valence-electron chi connectivity index (χ4n) is 4.22. The predicted octanol–water partition coefficient (Wildman–Crippen LogP) is 5.64. The lowest BCUT2D eigenvalue weighted by Crippen LogP contribution is -2.18. The van der Waals surface area contributed by atoms with Crippen molar-refractivity contribution in [3.63, 3.8) is 0 Å². The molecule has 0 aliphatic rings. The second-order valence-electron chi connectivity index (χ2n) is 11.1. The van der Waals surface area contributed by atoms with Gasteiger partial charge in [0.05, 0.1) is 25.0 Å². The van der Waals surface area contributed by atoms with Crippen LogP contribution >= 0.6 is 0 Å². The van der Waals surface area contributed by atoms with Crippen molar-refractivity contribution in [2.75, 3.05) is 23.8 Å². The zero-order valence-electron chi connectivity index (χ0n) is 26.2. The standard InChI is InChI=1S/C33H33N7O6S/c1-33(2,3)22-13-15-23(16-14-22)47(42,43)40-29-28(46-25-11-6-5-10-24(25)44-4)32(39-31(38-29)30-35-19-9-20-36-30)45-21-17-27(41)37-26-12-7-8-18-34-26/h5-16,18-20H,17,21H2,1-4H3,(H,34,37,41)(H,38,39,40). The van der Waals surface area contributed by atoms with Crippen LogP contribution in [0.5, 0.6) is 23.1 Å². The molecule has 2 N–H and O–H groups in total. The number of nitrogens with zero attached hydrogens (tertiary/aromatic N) is 5. The van der Waals surface area contributed by atoms with Gasteiger partial charge in [-0.25, -0.2) is 28.4 Å². The van der Waals surface area contributed by atoms with Crippen molar-refractivity contribution in [2.45, 2.75) is 37.5 Å². The van der Waals surface area contributed by atoms with Crippen LogP contribution in [0.4, 0.5) is 11.6 Å². The van der Waals surface area contributed by atoms with Gasteiger partial charge in [-0.3, -0.25) is 9.52 Å². The van der Waals surface area contributed by atoms with Crippen LogP contribution in [0.25, 0.3) is 11.6 Å². The Kier molecular flexibility index (Phi) is 9.90. The molecule has 0 fully saturated rings. The summed E-state index contributed by atoms with van der Waals surface area (Å²) in [7, 11) is -2.74. The Morgan fingerprint density at radius 3 is 2.15 bits per heavy atom. The molecule has 5 rings (SSSR count). The van der Waals surface area contributed by atoms with Crippen LogP contribution in [0.3, 0.4) is 0 Å². The molecule has 0 aliphatic heterocycles. The molecule has 0 unspecified atom stereocenters. The Morgan fingerprint density at radius 2 is 1.49 bits per heavy atom. The van der Waals surface area contributed by atoms with E-state index >= 15 is 0 Å². The number of benzene rings is 2. The molecule has 3 aromatic heterocycles. The quantitative estimate of drug-likeness (QED) is 0.171. The van der Waals surface area contributed by atoms with Gasteiger partial charge >= 0.3 is 0 Å². The molecule has 242 valence electrons. The van der Waals surface area contributed by atoms with Gasteiger partial charge < -0.3 is 19.5 Å². The van der Waals surface area contributed by atoms with E-state index in [1.807, 2.05) is 20.8 Å². The Morgan fingerprint density at radius 1 is 0.809 bits per heavy atom. The fourth-order valence-corrected chi connectivity index (χ4v) is 5.22. The van der Waals surface area contributed by atoms with E-state index in [-0.39, 0.29) is 64.1 Å². The highest BCUT2D eigenvalue weighted by molar-refractivity contribution is 7.92. The third-order valence-corrected chi connectivity index (χ3v) is 8.00. The predicted molar refractivity (Wildman–Crippen MR) is 175 cm³/mol. The first-order chi connectivity index (χ1) is 22.5. The average Bonchev–Trinajstić information content (AvgIpc) is 3.06. The van der Waals surface area contributed by atoms with E-state index in [1.54, 1.807) is 66.9 Å². The number of pyridine rings is 1. The van der Waals surface area contributed by atoms with Crippen molar-refractivity contribution in [3.8, 4) is 34.8 Å². The molecule has 0 saturated heterocycles. The van der Waals surface area contributed by atoms with Crippen molar-refractivity contribution >= 4 is 27.6 Å². The van der Waals surface area contributed by atoms with Gasteiger partial charge in [-0.1, -0.05) is 51.1 Å². The number of amides is 1. The summed E-state index contributed by atoms with van der Waals surface area (Å²) >= 11 is 0. The zero-order valence-corrected chi connectivity index (χ0v) is 27.0. The van der Waals surface area contributed by atoms with E-state index < -0.39 is 10.0 Å². The van der Waals surface area contributed by atoms with Crippen LogP contribution in [0, 0.1) is 0 Å². The van der Waals surface area contributed by atoms with Gasteiger partial charge in [0.15, 0.2) is 23.1 Å². The molecule has 1 amide bonds. The summed E-state index contributed by atoms with van der Waals surface area (Å²) in [5, 5.41) is 2.69. The van der Waals surface area contributed by atoms with Gasteiger partial charge in [0.1, 0.15) is 5.82 Å². The first-order valence-corrected chi connectivity index (χ1v) is 16.0. The van der Waals surface area contributed by atoms with Crippen molar-refractivity contribution in [1.82, 2.24) is 24.9 Å². The number of carbonyl (C=O) groups excluding carboxylic acids is 1. The molecule has 0 spiro atoms. The van der Waals surface area contributed by atoms with Gasteiger partial charge in [0.2, 0.25) is 17.5 Å². The molecule has 5 aromatic rings. The van der Waals surface area contributed by atoms with Gasteiger partial charge in [-0.15, -0.1) is 0 Å². The first kappa shape index (κ1) is 32.8. The normalized spacial score (nSPS) is 11.4. The SMILES string of the molecule is COc1ccccc1Oc1c(NS(=O)(=O)c2ccc(C(C)(C)C)cc2)nc(-c2ncccn2)nc1OCCC(=O)Nc1ccccn1. The summed E-state index contributed by atoms with van der Waals surface area (Å²) in [6.07, 6.45) is 4.46. The number of hydrogen-bond donors (Lipinski definition) is 2. The Hall–Kier alpha value is -5.63. The minimum atomic E-state index is -4.21. The number of sulfonamides is 1. The van der Waals surface area contributed by atoms with Crippen molar-refractivity contribution in [1.29, 1.82) is 0 Å². The van der Waals surface area contributed by atoms with Crippen molar-refractivity contribution in [3.05, 3.63) is 97.0 Å². The molecular weight excluding hydrogens is 622 g/mol. The third-order valence-electron chi connectivity index (χ3n) is 6.64. The number of hydrogen-bond acceptors (Lipinski definition) is 11. The lowest BCUT2D eigenvalue weighted by atomic mass is 9.87. The van der Waals surface area contributed by atoms with Crippen LogP contribution in [0.2, 0.25) is 0 Å². The number of aromatic nitrogens is 5. The van der Waals surface area contributed by atoms with Crippen molar-refractivity contribution in [2.24, 2.45) is 0 Å². The van der Waals surface area contributed by atoms with Crippen LogP contribution in [-0.4, -0.2) is 53.0 Å².